The molecule has 0 spiro atoms. The largest absolute Gasteiger partial charge is 0.351 e. The summed E-state index contributed by atoms with van der Waals surface area (Å²) in [5, 5.41) is 3.01. The van der Waals surface area contributed by atoms with Crippen LogP contribution in [-0.4, -0.2) is 55.0 Å². The van der Waals surface area contributed by atoms with Gasteiger partial charge in [-0.2, -0.15) is 0 Å². The highest BCUT2D eigenvalue weighted by molar-refractivity contribution is 5.78. The van der Waals surface area contributed by atoms with Crippen LogP contribution in [0.2, 0.25) is 0 Å². The van der Waals surface area contributed by atoms with Crippen molar-refractivity contribution in [2.45, 2.75) is 27.3 Å². The maximum absolute atomic E-state index is 12.0. The Balaban J connectivity index is 1.66. The highest BCUT2D eigenvalue weighted by atomic mass is 16.2. The van der Waals surface area contributed by atoms with Crippen LogP contribution in [0.1, 0.15) is 25.0 Å². The second kappa shape index (κ2) is 8.30. The van der Waals surface area contributed by atoms with Gasteiger partial charge in [-0.25, -0.2) is 0 Å². The summed E-state index contributed by atoms with van der Waals surface area (Å²) in [7, 11) is 0. The van der Waals surface area contributed by atoms with E-state index in [9.17, 15) is 4.79 Å². The first-order valence-electron chi connectivity index (χ1n) is 8.30. The van der Waals surface area contributed by atoms with E-state index in [0.29, 0.717) is 19.0 Å². The van der Waals surface area contributed by atoms with E-state index in [1.54, 1.807) is 0 Å². The van der Waals surface area contributed by atoms with E-state index in [0.717, 1.165) is 38.3 Å². The monoisotopic (exact) mass is 303 g/mol. The number of aryl methyl sites for hydroxylation is 1. The van der Waals surface area contributed by atoms with Crippen LogP contribution in [0.15, 0.2) is 24.3 Å². The molecule has 0 atom stereocenters. The zero-order valence-corrected chi connectivity index (χ0v) is 14.1. The molecule has 1 fully saturated rings. The van der Waals surface area contributed by atoms with Crippen molar-refractivity contribution in [3.63, 3.8) is 0 Å². The highest BCUT2D eigenvalue weighted by Gasteiger charge is 2.19. The van der Waals surface area contributed by atoms with Gasteiger partial charge in [-0.3, -0.25) is 9.69 Å². The Labute approximate surface area is 134 Å². The third-order valence-corrected chi connectivity index (χ3v) is 4.07. The smallest absolute Gasteiger partial charge is 0.234 e. The third kappa shape index (κ3) is 5.78. The molecule has 0 aliphatic carbocycles. The first-order chi connectivity index (χ1) is 10.5. The molecule has 4 heteroatoms. The minimum atomic E-state index is 0.123. The molecular formula is C18H29N3O. The molecule has 1 aromatic carbocycles. The van der Waals surface area contributed by atoms with Crippen LogP contribution in [0.3, 0.4) is 0 Å². The number of carbonyl (C=O) groups is 1. The zero-order chi connectivity index (χ0) is 15.9. The van der Waals surface area contributed by atoms with E-state index in [4.69, 9.17) is 0 Å². The summed E-state index contributed by atoms with van der Waals surface area (Å²) >= 11 is 0. The molecular weight excluding hydrogens is 274 g/mol. The quantitative estimate of drug-likeness (QED) is 0.872. The molecule has 0 aromatic heterocycles. The van der Waals surface area contributed by atoms with Crippen molar-refractivity contribution < 1.29 is 4.79 Å². The van der Waals surface area contributed by atoms with E-state index in [1.807, 2.05) is 0 Å². The maximum atomic E-state index is 12.0. The fourth-order valence-corrected chi connectivity index (χ4v) is 2.81. The zero-order valence-electron chi connectivity index (χ0n) is 14.1. The Hall–Kier alpha value is -1.39. The van der Waals surface area contributed by atoms with Crippen molar-refractivity contribution in [2.75, 3.05) is 39.3 Å². The van der Waals surface area contributed by atoms with E-state index < -0.39 is 0 Å². The molecule has 1 aromatic rings. The van der Waals surface area contributed by atoms with Gasteiger partial charge in [0, 0.05) is 39.3 Å². The van der Waals surface area contributed by atoms with Crippen LogP contribution >= 0.6 is 0 Å². The second-order valence-electron chi connectivity index (χ2n) is 6.73. The van der Waals surface area contributed by atoms with Crippen LogP contribution in [0.4, 0.5) is 0 Å². The standard InChI is InChI=1S/C18H29N3O/c1-15(2)13-20-8-10-21(11-9-20)14-18(22)19-12-17-6-4-16(3)5-7-17/h4-7,15H,8-14H2,1-3H3,(H,19,22). The average Bonchev–Trinajstić information content (AvgIpc) is 2.48. The lowest BCUT2D eigenvalue weighted by Crippen LogP contribution is -2.50. The van der Waals surface area contributed by atoms with Gasteiger partial charge in [0.1, 0.15) is 0 Å². The number of hydrogen-bond donors (Lipinski definition) is 1. The van der Waals surface area contributed by atoms with Crippen LogP contribution in [0.25, 0.3) is 0 Å². The lowest BCUT2D eigenvalue weighted by atomic mass is 10.1. The molecule has 4 nitrogen and oxygen atoms in total. The molecule has 1 aliphatic rings. The molecule has 1 aliphatic heterocycles. The van der Waals surface area contributed by atoms with Gasteiger partial charge in [-0.05, 0) is 18.4 Å². The van der Waals surface area contributed by atoms with Gasteiger partial charge in [-0.1, -0.05) is 43.7 Å². The van der Waals surface area contributed by atoms with Crippen molar-refractivity contribution in [3.8, 4) is 0 Å². The lowest BCUT2D eigenvalue weighted by Gasteiger charge is -2.35. The molecule has 1 amide bonds. The van der Waals surface area contributed by atoms with Crippen molar-refractivity contribution >= 4 is 5.91 Å². The van der Waals surface area contributed by atoms with Gasteiger partial charge >= 0.3 is 0 Å². The molecule has 1 saturated heterocycles. The van der Waals surface area contributed by atoms with E-state index in [-0.39, 0.29) is 5.91 Å². The van der Waals surface area contributed by atoms with Gasteiger partial charge in [0.15, 0.2) is 0 Å². The van der Waals surface area contributed by atoms with E-state index in [1.165, 1.54) is 5.56 Å². The van der Waals surface area contributed by atoms with Crippen molar-refractivity contribution in [2.24, 2.45) is 5.92 Å². The number of nitrogens with zero attached hydrogens (tertiary/aromatic N) is 2. The molecule has 1 heterocycles. The Morgan fingerprint density at radius 2 is 1.68 bits per heavy atom. The summed E-state index contributed by atoms with van der Waals surface area (Å²) in [6, 6.07) is 8.30. The molecule has 0 unspecified atom stereocenters. The van der Waals surface area contributed by atoms with Crippen LogP contribution in [0.5, 0.6) is 0 Å². The van der Waals surface area contributed by atoms with Crippen LogP contribution in [0, 0.1) is 12.8 Å². The third-order valence-electron chi connectivity index (χ3n) is 4.07. The average molecular weight is 303 g/mol. The first kappa shape index (κ1) is 17.0. The summed E-state index contributed by atoms with van der Waals surface area (Å²) in [6.07, 6.45) is 0. The van der Waals surface area contributed by atoms with Gasteiger partial charge in [-0.15, -0.1) is 0 Å². The summed E-state index contributed by atoms with van der Waals surface area (Å²) in [4.78, 5) is 16.8. The van der Waals surface area contributed by atoms with Gasteiger partial charge in [0.2, 0.25) is 5.91 Å². The molecule has 0 bridgehead atoms. The summed E-state index contributed by atoms with van der Waals surface area (Å²) in [6.45, 7) is 13.0. The van der Waals surface area contributed by atoms with Crippen molar-refractivity contribution in [1.82, 2.24) is 15.1 Å². The molecule has 2 rings (SSSR count). The highest BCUT2D eigenvalue weighted by Crippen LogP contribution is 2.05. The summed E-state index contributed by atoms with van der Waals surface area (Å²) < 4.78 is 0. The van der Waals surface area contributed by atoms with Crippen molar-refractivity contribution in [1.29, 1.82) is 0 Å². The lowest BCUT2D eigenvalue weighted by molar-refractivity contribution is -0.122. The number of rotatable bonds is 6. The predicted octanol–water partition coefficient (Wildman–Crippen LogP) is 1.88. The Morgan fingerprint density at radius 3 is 2.27 bits per heavy atom. The minimum absolute atomic E-state index is 0.123. The molecule has 22 heavy (non-hydrogen) atoms. The Bertz CT molecular complexity index is 462. The van der Waals surface area contributed by atoms with E-state index in [2.05, 4.69) is 60.2 Å². The first-order valence-corrected chi connectivity index (χ1v) is 8.30. The number of carbonyl (C=O) groups excluding carboxylic acids is 1. The van der Waals surface area contributed by atoms with E-state index >= 15 is 0 Å². The van der Waals surface area contributed by atoms with Gasteiger partial charge < -0.3 is 10.2 Å². The number of amides is 1. The molecule has 1 N–H and O–H groups in total. The Kier molecular flexibility index (Phi) is 6.40. The fourth-order valence-electron chi connectivity index (χ4n) is 2.81. The predicted molar refractivity (Wildman–Crippen MR) is 90.7 cm³/mol. The van der Waals surface area contributed by atoms with Gasteiger partial charge in [0.25, 0.3) is 0 Å². The minimum Gasteiger partial charge on any atom is -0.351 e. The van der Waals surface area contributed by atoms with Crippen LogP contribution < -0.4 is 5.32 Å². The maximum Gasteiger partial charge on any atom is 0.234 e. The number of hydrogen-bond acceptors (Lipinski definition) is 3. The topological polar surface area (TPSA) is 35.6 Å². The Morgan fingerprint density at radius 1 is 1.09 bits per heavy atom. The van der Waals surface area contributed by atoms with Crippen LogP contribution in [-0.2, 0) is 11.3 Å². The molecule has 122 valence electrons. The number of nitrogens with one attached hydrogen (secondary N) is 1. The SMILES string of the molecule is Cc1ccc(CNC(=O)CN2CCN(CC(C)C)CC2)cc1. The molecule has 0 saturated carbocycles. The molecule has 0 radical (unpaired) electrons. The van der Waals surface area contributed by atoms with Crippen molar-refractivity contribution in [3.05, 3.63) is 35.4 Å². The summed E-state index contributed by atoms with van der Waals surface area (Å²) in [5.41, 5.74) is 2.40. The normalized spacial score (nSPS) is 16.9. The number of piperazine rings is 1. The number of benzene rings is 1. The van der Waals surface area contributed by atoms with Gasteiger partial charge in [0.05, 0.1) is 6.54 Å². The summed E-state index contributed by atoms with van der Waals surface area (Å²) in [5.74, 6) is 0.835. The fraction of sp³-hybridized carbons (Fsp3) is 0.611. The second-order valence-corrected chi connectivity index (χ2v) is 6.73.